The molecule has 3 aliphatic rings. The monoisotopic (exact) mass is 720 g/mol. The predicted molar refractivity (Wildman–Crippen MR) is 234 cm³/mol. The molecule has 3 aliphatic carbocycles. The zero-order chi connectivity index (χ0) is 37.2. The summed E-state index contributed by atoms with van der Waals surface area (Å²) < 4.78 is 0. The summed E-state index contributed by atoms with van der Waals surface area (Å²) in [6.07, 6.45) is 17.3. The van der Waals surface area contributed by atoms with Gasteiger partial charge in [0, 0.05) is 39.5 Å². The number of aryl methyl sites for hydroxylation is 4. The van der Waals surface area contributed by atoms with E-state index in [9.17, 15) is 0 Å². The highest BCUT2D eigenvalue weighted by Crippen LogP contribution is 2.57. The summed E-state index contributed by atoms with van der Waals surface area (Å²) in [5, 5.41) is 0. The highest BCUT2D eigenvalue weighted by molar-refractivity contribution is 5.89. The Labute approximate surface area is 329 Å². The zero-order valence-corrected chi connectivity index (χ0v) is 33.0. The maximum atomic E-state index is 2.60. The van der Waals surface area contributed by atoms with Crippen LogP contribution < -0.4 is 9.80 Å². The molecule has 9 rings (SSSR count). The lowest BCUT2D eigenvalue weighted by Gasteiger charge is -2.35. The standard InChI is InChI=1S/C53H56N2/c1-3-5-7-15-33-53(34-16-8-6-4-2)51-37-47(54(43-17-11-9-12-18-43)45-27-25-39-21-23-41(39)35-45)29-31-49(51)50-32-30-48(38-52(50)53)55(44-19-13-10-14-20-44)46-28-26-40-22-24-42(40)36-46/h9-14,17-20,25-32,35-38H,3-8,15-16,21-24,33-34H2,1-2H3. The van der Waals surface area contributed by atoms with Crippen molar-refractivity contribution < 1.29 is 0 Å². The van der Waals surface area contributed by atoms with Crippen LogP contribution in [0.5, 0.6) is 0 Å². The maximum absolute atomic E-state index is 2.60. The Bertz CT molecular complexity index is 2110. The molecule has 0 amide bonds. The van der Waals surface area contributed by atoms with Crippen LogP contribution in [-0.4, -0.2) is 0 Å². The van der Waals surface area contributed by atoms with Crippen molar-refractivity contribution in [3.05, 3.63) is 167 Å². The largest absolute Gasteiger partial charge is 0.310 e. The molecule has 55 heavy (non-hydrogen) atoms. The van der Waals surface area contributed by atoms with Gasteiger partial charge in [-0.2, -0.15) is 0 Å². The van der Waals surface area contributed by atoms with Crippen molar-refractivity contribution in [2.75, 3.05) is 9.80 Å². The number of rotatable bonds is 16. The van der Waals surface area contributed by atoms with Crippen LogP contribution in [0.4, 0.5) is 34.1 Å². The molecule has 0 fully saturated rings. The summed E-state index contributed by atoms with van der Waals surface area (Å²) in [6.45, 7) is 4.67. The van der Waals surface area contributed by atoms with Crippen molar-refractivity contribution in [2.45, 2.75) is 109 Å². The van der Waals surface area contributed by atoms with Crippen LogP contribution in [0, 0.1) is 0 Å². The lowest BCUT2D eigenvalue weighted by Crippen LogP contribution is -2.26. The molecule has 0 aromatic heterocycles. The second-order valence-corrected chi connectivity index (χ2v) is 16.4. The topological polar surface area (TPSA) is 6.48 Å². The first kappa shape index (κ1) is 35.6. The number of unbranched alkanes of at least 4 members (excludes halogenated alkanes) is 6. The summed E-state index contributed by atoms with van der Waals surface area (Å²) in [5.74, 6) is 0. The summed E-state index contributed by atoms with van der Waals surface area (Å²) in [4.78, 5) is 5.02. The third-order valence-corrected chi connectivity index (χ3v) is 13.0. The van der Waals surface area contributed by atoms with E-state index >= 15 is 0 Å². The Morgan fingerprint density at radius 2 is 0.782 bits per heavy atom. The van der Waals surface area contributed by atoms with Crippen molar-refractivity contribution in [1.29, 1.82) is 0 Å². The SMILES string of the molecule is CCCCCCC1(CCCCCC)c2cc(N(c3ccccc3)c3ccc4c(c3)CC4)ccc2-c2ccc(N(c3ccccc3)c3ccc4c(c3)CC4)cc21. The average molecular weight is 721 g/mol. The van der Waals surface area contributed by atoms with Crippen LogP contribution in [0.2, 0.25) is 0 Å². The Morgan fingerprint density at radius 1 is 0.382 bits per heavy atom. The van der Waals surface area contributed by atoms with Crippen molar-refractivity contribution in [3.63, 3.8) is 0 Å². The van der Waals surface area contributed by atoms with Crippen LogP contribution in [0.1, 0.15) is 111 Å². The number of anilines is 6. The normalized spacial score (nSPS) is 14.2. The fourth-order valence-corrected chi connectivity index (χ4v) is 9.81. The molecule has 6 aromatic carbocycles. The first-order chi connectivity index (χ1) is 27.2. The van der Waals surface area contributed by atoms with Crippen molar-refractivity contribution in [3.8, 4) is 11.1 Å². The zero-order valence-electron chi connectivity index (χ0n) is 33.0. The van der Waals surface area contributed by atoms with E-state index in [4.69, 9.17) is 0 Å². The fourth-order valence-electron chi connectivity index (χ4n) is 9.81. The minimum absolute atomic E-state index is 0.0518. The molecule has 0 unspecified atom stereocenters. The molecule has 0 radical (unpaired) electrons. The molecule has 0 aliphatic heterocycles. The average Bonchev–Trinajstić information content (AvgIpc) is 3.46. The first-order valence-corrected chi connectivity index (χ1v) is 21.4. The third-order valence-electron chi connectivity index (χ3n) is 13.0. The van der Waals surface area contributed by atoms with E-state index in [2.05, 4.69) is 157 Å². The molecule has 0 spiro atoms. The van der Waals surface area contributed by atoms with E-state index in [-0.39, 0.29) is 5.41 Å². The van der Waals surface area contributed by atoms with Gasteiger partial charge in [0.25, 0.3) is 0 Å². The molecular formula is C53H56N2. The van der Waals surface area contributed by atoms with Gasteiger partial charge in [0.2, 0.25) is 0 Å². The van der Waals surface area contributed by atoms with Gasteiger partial charge in [-0.1, -0.05) is 126 Å². The Kier molecular flexibility index (Phi) is 10.1. The van der Waals surface area contributed by atoms with E-state index < -0.39 is 0 Å². The van der Waals surface area contributed by atoms with Gasteiger partial charge in [0.1, 0.15) is 0 Å². The Hall–Kier alpha value is -5.08. The smallest absolute Gasteiger partial charge is 0.0465 e. The van der Waals surface area contributed by atoms with Crippen LogP contribution in [0.25, 0.3) is 11.1 Å². The predicted octanol–water partition coefficient (Wildman–Crippen LogP) is 15.0. The molecule has 0 heterocycles. The number of para-hydroxylation sites is 2. The molecule has 0 N–H and O–H groups in total. The van der Waals surface area contributed by atoms with E-state index in [1.54, 1.807) is 0 Å². The minimum Gasteiger partial charge on any atom is -0.310 e. The minimum atomic E-state index is -0.0518. The van der Waals surface area contributed by atoms with E-state index in [1.165, 1.54) is 169 Å². The van der Waals surface area contributed by atoms with Crippen molar-refractivity contribution >= 4 is 34.1 Å². The van der Waals surface area contributed by atoms with Crippen molar-refractivity contribution in [1.82, 2.24) is 0 Å². The van der Waals surface area contributed by atoms with Gasteiger partial charge in [-0.05, 0) is 156 Å². The maximum Gasteiger partial charge on any atom is 0.0465 e. The number of benzene rings is 6. The quantitative estimate of drug-likeness (QED) is 0.0919. The van der Waals surface area contributed by atoms with Gasteiger partial charge >= 0.3 is 0 Å². The van der Waals surface area contributed by atoms with Crippen LogP contribution in [0.15, 0.2) is 133 Å². The van der Waals surface area contributed by atoms with E-state index in [0.29, 0.717) is 0 Å². The van der Waals surface area contributed by atoms with Gasteiger partial charge in [0.05, 0.1) is 0 Å². The summed E-state index contributed by atoms with van der Waals surface area (Å²) in [7, 11) is 0. The van der Waals surface area contributed by atoms with Crippen LogP contribution >= 0.6 is 0 Å². The Balaban J connectivity index is 1.21. The van der Waals surface area contributed by atoms with Gasteiger partial charge in [0.15, 0.2) is 0 Å². The second-order valence-electron chi connectivity index (χ2n) is 16.4. The van der Waals surface area contributed by atoms with Crippen LogP contribution in [0.3, 0.4) is 0 Å². The summed E-state index contributed by atoms with van der Waals surface area (Å²) in [5.41, 5.74) is 19.3. The fraction of sp³-hybridized carbons (Fsp3) is 0.321. The molecule has 278 valence electrons. The highest BCUT2D eigenvalue weighted by Gasteiger charge is 2.43. The molecule has 2 nitrogen and oxygen atoms in total. The molecule has 6 aromatic rings. The molecule has 0 saturated heterocycles. The molecule has 0 atom stereocenters. The number of hydrogen-bond acceptors (Lipinski definition) is 2. The van der Waals surface area contributed by atoms with Crippen molar-refractivity contribution in [2.24, 2.45) is 0 Å². The third kappa shape index (κ3) is 6.69. The van der Waals surface area contributed by atoms with Gasteiger partial charge < -0.3 is 9.80 Å². The highest BCUT2D eigenvalue weighted by atomic mass is 15.1. The number of fused-ring (bicyclic) bond motifs is 5. The first-order valence-electron chi connectivity index (χ1n) is 21.4. The number of nitrogens with zero attached hydrogens (tertiary/aromatic N) is 2. The molecule has 0 bridgehead atoms. The van der Waals surface area contributed by atoms with E-state index in [1.807, 2.05) is 0 Å². The molecule has 0 saturated carbocycles. The molecular weight excluding hydrogens is 665 g/mol. The number of hydrogen-bond donors (Lipinski definition) is 0. The lowest BCUT2D eigenvalue weighted by atomic mass is 9.70. The van der Waals surface area contributed by atoms with Crippen LogP contribution in [-0.2, 0) is 31.1 Å². The van der Waals surface area contributed by atoms with Gasteiger partial charge in [-0.15, -0.1) is 0 Å². The second kappa shape index (κ2) is 15.6. The van der Waals surface area contributed by atoms with Gasteiger partial charge in [-0.25, -0.2) is 0 Å². The molecule has 2 heteroatoms. The summed E-state index contributed by atoms with van der Waals surface area (Å²) >= 11 is 0. The van der Waals surface area contributed by atoms with E-state index in [0.717, 1.165) is 0 Å². The lowest BCUT2D eigenvalue weighted by molar-refractivity contribution is 0.401. The van der Waals surface area contributed by atoms with Gasteiger partial charge in [-0.3, -0.25) is 0 Å². The Morgan fingerprint density at radius 3 is 1.16 bits per heavy atom. The summed E-state index contributed by atoms with van der Waals surface area (Å²) in [6, 6.07) is 51.3.